The van der Waals surface area contributed by atoms with Gasteiger partial charge in [0.05, 0.1) is 5.56 Å². The molecule has 2 fully saturated rings. The van der Waals surface area contributed by atoms with Crippen molar-refractivity contribution in [3.63, 3.8) is 0 Å². The summed E-state index contributed by atoms with van der Waals surface area (Å²) < 4.78 is 13.0. The number of benzene rings is 1. The van der Waals surface area contributed by atoms with Crippen molar-refractivity contribution in [1.29, 1.82) is 0 Å². The molecule has 3 rings (SSSR count). The van der Waals surface area contributed by atoms with Crippen LogP contribution in [0, 0.1) is 5.82 Å². The molecule has 2 unspecified atom stereocenters. The minimum Gasteiger partial charge on any atom is -0.507 e. The number of nitrogens with zero attached hydrogens (tertiary/aromatic N) is 1. The molecule has 1 aromatic carbocycles. The Hall–Kier alpha value is -1.62. The van der Waals surface area contributed by atoms with Gasteiger partial charge in [0.1, 0.15) is 11.6 Å². The molecular weight excluding hydrogens is 259 g/mol. The molecule has 5 heteroatoms. The number of phenolic OH excluding ortho intramolecular Hbond substituents is 1. The Morgan fingerprint density at radius 1 is 1.35 bits per heavy atom. The summed E-state index contributed by atoms with van der Waals surface area (Å²) in [5.74, 6) is -1.01. The van der Waals surface area contributed by atoms with E-state index in [1.165, 1.54) is 12.1 Å². The van der Waals surface area contributed by atoms with E-state index in [1.807, 2.05) is 4.90 Å². The Kier molecular flexibility index (Phi) is 3.61. The third kappa shape index (κ3) is 2.38. The second-order valence-corrected chi connectivity index (χ2v) is 5.57. The van der Waals surface area contributed by atoms with E-state index in [0.717, 1.165) is 38.3 Å². The van der Waals surface area contributed by atoms with Crippen LogP contribution in [0.4, 0.5) is 4.39 Å². The summed E-state index contributed by atoms with van der Waals surface area (Å²) in [4.78, 5) is 14.4. The van der Waals surface area contributed by atoms with E-state index in [2.05, 4.69) is 5.32 Å². The lowest BCUT2D eigenvalue weighted by molar-refractivity contribution is 0.0708. The van der Waals surface area contributed by atoms with Crippen molar-refractivity contribution < 1.29 is 14.3 Å². The monoisotopic (exact) mass is 278 g/mol. The van der Waals surface area contributed by atoms with Crippen LogP contribution in [0.3, 0.4) is 0 Å². The number of phenols is 1. The molecule has 0 spiro atoms. The van der Waals surface area contributed by atoms with Crippen LogP contribution in [0.1, 0.15) is 36.0 Å². The molecule has 2 aliphatic heterocycles. The fraction of sp³-hybridized carbons (Fsp3) is 0.533. The van der Waals surface area contributed by atoms with Crippen LogP contribution < -0.4 is 5.32 Å². The van der Waals surface area contributed by atoms with Gasteiger partial charge in [-0.15, -0.1) is 0 Å². The zero-order valence-corrected chi connectivity index (χ0v) is 11.3. The Morgan fingerprint density at radius 2 is 2.20 bits per heavy atom. The topological polar surface area (TPSA) is 52.6 Å². The van der Waals surface area contributed by atoms with Crippen molar-refractivity contribution >= 4 is 5.91 Å². The number of hydrogen-bond acceptors (Lipinski definition) is 3. The summed E-state index contributed by atoms with van der Waals surface area (Å²) in [6.45, 7) is 1.71. The first-order valence-corrected chi connectivity index (χ1v) is 7.19. The van der Waals surface area contributed by atoms with Crippen LogP contribution in [-0.4, -0.2) is 41.1 Å². The molecule has 2 N–H and O–H groups in total. The van der Waals surface area contributed by atoms with Gasteiger partial charge in [-0.05, 0) is 44.4 Å². The van der Waals surface area contributed by atoms with Gasteiger partial charge in [-0.3, -0.25) is 4.79 Å². The van der Waals surface area contributed by atoms with E-state index >= 15 is 0 Å². The quantitative estimate of drug-likeness (QED) is 0.868. The maximum Gasteiger partial charge on any atom is 0.257 e. The zero-order valence-electron chi connectivity index (χ0n) is 11.3. The lowest BCUT2D eigenvalue weighted by Crippen LogP contribution is -2.46. The smallest absolute Gasteiger partial charge is 0.257 e. The van der Waals surface area contributed by atoms with Crippen LogP contribution in [-0.2, 0) is 0 Å². The van der Waals surface area contributed by atoms with Crippen molar-refractivity contribution in [3.8, 4) is 5.75 Å². The molecule has 0 saturated carbocycles. The number of carbonyl (C=O) groups is 1. The minimum absolute atomic E-state index is 0.189. The van der Waals surface area contributed by atoms with Crippen LogP contribution >= 0.6 is 0 Å². The van der Waals surface area contributed by atoms with Crippen molar-refractivity contribution in [3.05, 3.63) is 29.6 Å². The van der Waals surface area contributed by atoms with Gasteiger partial charge in [-0.2, -0.15) is 0 Å². The zero-order chi connectivity index (χ0) is 14.1. The van der Waals surface area contributed by atoms with Crippen LogP contribution in [0.5, 0.6) is 5.75 Å². The number of carbonyl (C=O) groups excluding carboxylic acids is 1. The molecule has 1 aromatic rings. The van der Waals surface area contributed by atoms with Gasteiger partial charge < -0.3 is 15.3 Å². The highest BCUT2D eigenvalue weighted by atomic mass is 19.1. The molecule has 0 aromatic heterocycles. The molecular formula is C15H19FN2O2. The first kappa shape index (κ1) is 13.4. The number of aromatic hydroxyl groups is 1. The van der Waals surface area contributed by atoms with Gasteiger partial charge >= 0.3 is 0 Å². The lowest BCUT2D eigenvalue weighted by Gasteiger charge is -2.29. The predicted octanol–water partition coefficient (Wildman–Crippen LogP) is 1.89. The summed E-state index contributed by atoms with van der Waals surface area (Å²) in [6.07, 6.45) is 4.21. The summed E-state index contributed by atoms with van der Waals surface area (Å²) in [7, 11) is 0. The molecule has 0 radical (unpaired) electrons. The highest BCUT2D eigenvalue weighted by molar-refractivity contribution is 5.97. The molecule has 2 saturated heterocycles. The summed E-state index contributed by atoms with van der Waals surface area (Å²) in [5, 5.41) is 13.2. The first-order chi connectivity index (χ1) is 9.66. The minimum atomic E-state index is -0.533. The number of likely N-dealkylation sites (tertiary alicyclic amines) is 1. The van der Waals surface area contributed by atoms with Gasteiger partial charge in [0.25, 0.3) is 5.91 Å². The van der Waals surface area contributed by atoms with Crippen molar-refractivity contribution in [2.75, 3.05) is 13.1 Å². The van der Waals surface area contributed by atoms with Crippen molar-refractivity contribution in [2.45, 2.75) is 37.8 Å². The normalized spacial score (nSPS) is 26.1. The number of rotatable bonds is 2. The van der Waals surface area contributed by atoms with E-state index in [9.17, 15) is 14.3 Å². The van der Waals surface area contributed by atoms with Crippen molar-refractivity contribution in [1.82, 2.24) is 10.2 Å². The molecule has 2 aliphatic rings. The molecule has 108 valence electrons. The molecule has 20 heavy (non-hydrogen) atoms. The highest BCUT2D eigenvalue weighted by Gasteiger charge is 2.36. The number of nitrogens with one attached hydrogen (secondary N) is 1. The average molecular weight is 278 g/mol. The third-order valence-electron chi connectivity index (χ3n) is 4.31. The molecule has 2 atom stereocenters. The average Bonchev–Trinajstić information content (AvgIpc) is 3.09. The van der Waals surface area contributed by atoms with E-state index in [0.29, 0.717) is 12.6 Å². The largest absolute Gasteiger partial charge is 0.507 e. The van der Waals surface area contributed by atoms with Gasteiger partial charge in [0.2, 0.25) is 0 Å². The standard InChI is InChI=1S/C15H19FN2O2/c16-10-5-6-11(14(19)9-10)15(20)18-8-2-4-13(18)12-3-1-7-17-12/h5-6,9,12-13,17,19H,1-4,7-8H2. The third-order valence-corrected chi connectivity index (χ3v) is 4.31. The molecule has 1 amide bonds. The molecule has 0 bridgehead atoms. The lowest BCUT2D eigenvalue weighted by atomic mass is 10.0. The van der Waals surface area contributed by atoms with Crippen LogP contribution in [0.15, 0.2) is 18.2 Å². The van der Waals surface area contributed by atoms with Crippen LogP contribution in [0.25, 0.3) is 0 Å². The number of hydrogen-bond donors (Lipinski definition) is 2. The Balaban J connectivity index is 1.81. The molecule has 2 heterocycles. The first-order valence-electron chi connectivity index (χ1n) is 7.19. The SMILES string of the molecule is O=C(c1ccc(F)cc1O)N1CCCC1C1CCCN1. The van der Waals surface area contributed by atoms with Gasteiger partial charge in [-0.25, -0.2) is 4.39 Å². The second kappa shape index (κ2) is 5.40. The predicted molar refractivity (Wildman–Crippen MR) is 73.1 cm³/mol. The van der Waals surface area contributed by atoms with E-state index in [4.69, 9.17) is 0 Å². The van der Waals surface area contributed by atoms with Crippen molar-refractivity contribution in [2.24, 2.45) is 0 Å². The summed E-state index contributed by atoms with van der Waals surface area (Å²) in [6, 6.07) is 4.11. The van der Waals surface area contributed by atoms with E-state index in [-0.39, 0.29) is 23.3 Å². The Labute approximate surface area is 117 Å². The summed E-state index contributed by atoms with van der Waals surface area (Å²) in [5.41, 5.74) is 0.191. The summed E-state index contributed by atoms with van der Waals surface area (Å²) >= 11 is 0. The highest BCUT2D eigenvalue weighted by Crippen LogP contribution is 2.28. The second-order valence-electron chi connectivity index (χ2n) is 5.57. The van der Waals surface area contributed by atoms with Gasteiger partial charge in [-0.1, -0.05) is 0 Å². The number of halogens is 1. The fourth-order valence-electron chi connectivity index (χ4n) is 3.34. The number of amides is 1. The maximum absolute atomic E-state index is 13.0. The van der Waals surface area contributed by atoms with Gasteiger partial charge in [0.15, 0.2) is 0 Å². The fourth-order valence-corrected chi connectivity index (χ4v) is 3.34. The van der Waals surface area contributed by atoms with E-state index < -0.39 is 5.82 Å². The van der Waals surface area contributed by atoms with Crippen LogP contribution in [0.2, 0.25) is 0 Å². The van der Waals surface area contributed by atoms with Gasteiger partial charge in [0, 0.05) is 24.7 Å². The Morgan fingerprint density at radius 3 is 2.90 bits per heavy atom. The Bertz CT molecular complexity index is 515. The molecule has 0 aliphatic carbocycles. The maximum atomic E-state index is 13.0. The molecule has 4 nitrogen and oxygen atoms in total. The van der Waals surface area contributed by atoms with E-state index in [1.54, 1.807) is 0 Å².